The fourth-order valence-electron chi connectivity index (χ4n) is 0.378. The number of carboxylic acids is 1. The van der Waals surface area contributed by atoms with Gasteiger partial charge in [-0.2, -0.15) is 0 Å². The van der Waals surface area contributed by atoms with Crippen LogP contribution < -0.4 is 5.73 Å². The van der Waals surface area contributed by atoms with Crippen molar-refractivity contribution in [2.24, 2.45) is 11.6 Å². The smallest absolute Gasteiger partial charge is 0.320 e. The molecule has 0 bridgehead atoms. The maximum Gasteiger partial charge on any atom is 0.320 e. The van der Waals surface area contributed by atoms with Gasteiger partial charge in [0.05, 0.1) is 0 Å². The molecule has 2 unspecified atom stereocenters. The minimum atomic E-state index is -1.42. The molecule has 3 heteroatoms. The van der Waals surface area contributed by atoms with Crippen molar-refractivity contribution >= 4 is 5.97 Å². The summed E-state index contributed by atoms with van der Waals surface area (Å²) < 4.78 is 21.6. The van der Waals surface area contributed by atoms with E-state index in [0.29, 0.717) is 0 Å². The van der Waals surface area contributed by atoms with Gasteiger partial charge in [-0.15, -0.1) is 0 Å². The fourth-order valence-corrected chi connectivity index (χ4v) is 0.378. The van der Waals surface area contributed by atoms with Gasteiger partial charge in [-0.25, -0.2) is 0 Å². The average Bonchev–Trinajstić information content (AvgIpc) is 2.01. The number of hydrogen-bond donors (Lipinski definition) is 2. The highest BCUT2D eigenvalue weighted by Crippen LogP contribution is 2.01. The molecule has 3 nitrogen and oxygen atoms in total. The lowest BCUT2D eigenvalue weighted by atomic mass is 10.1. The third kappa shape index (κ3) is 3.97. The number of hydrogen-bond acceptors (Lipinski definition) is 2. The van der Waals surface area contributed by atoms with E-state index in [2.05, 4.69) is 0 Å². The molecule has 0 radical (unpaired) electrons. The van der Waals surface area contributed by atoms with E-state index in [0.717, 1.165) is 0 Å². The molecule has 0 aliphatic carbocycles. The van der Waals surface area contributed by atoms with Crippen LogP contribution in [0.3, 0.4) is 0 Å². The van der Waals surface area contributed by atoms with E-state index in [9.17, 15) is 4.79 Å². The summed E-state index contributed by atoms with van der Waals surface area (Å²) in [5, 5.41) is 8.42. The summed E-state index contributed by atoms with van der Waals surface area (Å²) in [5.41, 5.74) is 5.13. The van der Waals surface area contributed by atoms with Crippen LogP contribution in [0.4, 0.5) is 0 Å². The molecule has 0 aliphatic heterocycles. The minimum Gasteiger partial charge on any atom is -0.480 e. The first-order valence-electron chi connectivity index (χ1n) is 4.31. The predicted molar refractivity (Wildman–Crippen MR) is 35.1 cm³/mol. The standard InChI is InChI=1S/C6H13NO2/c1-4(2)3-5(7)6(8)9/h4-5H,3,7H2,1-2H3,(H,8,9)/t5-/m0/s1/i1T,3T,4T/t3?,4?,5-. The lowest BCUT2D eigenvalue weighted by Gasteiger charge is -2.07. The van der Waals surface area contributed by atoms with Crippen LogP contribution >= 0.6 is 0 Å². The van der Waals surface area contributed by atoms with E-state index < -0.39 is 24.3 Å². The molecule has 3 atom stereocenters. The van der Waals surface area contributed by atoms with Gasteiger partial charge in [-0.1, -0.05) is 13.8 Å². The van der Waals surface area contributed by atoms with Gasteiger partial charge >= 0.3 is 5.97 Å². The van der Waals surface area contributed by atoms with Crippen LogP contribution in [0.5, 0.6) is 0 Å². The Balaban J connectivity index is 4.37. The highest BCUT2D eigenvalue weighted by atomic mass is 16.4. The topological polar surface area (TPSA) is 63.3 Å². The summed E-state index contributed by atoms with van der Waals surface area (Å²) in [6.45, 7) is 1.00. The largest absolute Gasteiger partial charge is 0.480 e. The van der Waals surface area contributed by atoms with Crippen LogP contribution in [0.2, 0.25) is 0 Å². The molecule has 0 saturated heterocycles. The summed E-state index contributed by atoms with van der Waals surface area (Å²) in [4.78, 5) is 10.3. The SMILES string of the molecule is [3H]CC([3H])(C)C([3H])[C@H](N)C(=O)O. The van der Waals surface area contributed by atoms with Crippen molar-refractivity contribution < 1.29 is 14.0 Å². The molecule has 0 rings (SSSR count). The number of rotatable bonds is 3. The molecule has 0 aliphatic rings. The number of aliphatic carboxylic acids is 1. The molecule has 0 fully saturated rings. The number of nitrogens with two attached hydrogens (primary N) is 1. The second-order valence-corrected chi connectivity index (χ2v) is 1.88. The Morgan fingerprint density at radius 3 is 3.11 bits per heavy atom. The second-order valence-electron chi connectivity index (χ2n) is 1.88. The van der Waals surface area contributed by atoms with Crippen LogP contribution in [0.25, 0.3) is 0 Å². The van der Waals surface area contributed by atoms with Crippen LogP contribution in [-0.4, -0.2) is 17.1 Å². The molecule has 9 heavy (non-hydrogen) atoms. The first kappa shape index (κ1) is 4.28. The Morgan fingerprint density at radius 1 is 2.22 bits per heavy atom. The van der Waals surface area contributed by atoms with Gasteiger partial charge in [-0.05, 0) is 12.3 Å². The first-order chi connectivity index (χ1) is 5.33. The highest BCUT2D eigenvalue weighted by Gasteiger charge is 2.11. The zero-order valence-corrected chi connectivity index (χ0v) is 5.29. The van der Waals surface area contributed by atoms with E-state index in [1.807, 2.05) is 0 Å². The third-order valence-electron chi connectivity index (χ3n) is 0.749. The Hall–Kier alpha value is -0.570. The van der Waals surface area contributed by atoms with Crippen molar-refractivity contribution in [2.75, 3.05) is 0 Å². The maximum atomic E-state index is 10.3. The zero-order valence-electron chi connectivity index (χ0n) is 8.29. The molecular formula is C6H13NO2. The molecule has 0 spiro atoms. The molecule has 0 amide bonds. The molecule has 0 saturated carbocycles. The van der Waals surface area contributed by atoms with Crippen LogP contribution in [0, 0.1) is 5.89 Å². The third-order valence-corrected chi connectivity index (χ3v) is 0.749. The Labute approximate surface area is 59.1 Å². The van der Waals surface area contributed by atoms with Gasteiger partial charge in [0.1, 0.15) is 6.04 Å². The first-order valence-corrected chi connectivity index (χ1v) is 2.53. The van der Waals surface area contributed by atoms with Crippen molar-refractivity contribution in [3.8, 4) is 0 Å². The molecule has 0 aromatic rings. The van der Waals surface area contributed by atoms with Gasteiger partial charge in [0.2, 0.25) is 0 Å². The van der Waals surface area contributed by atoms with Gasteiger partial charge in [0.25, 0.3) is 0 Å². The Morgan fingerprint density at radius 2 is 2.78 bits per heavy atom. The summed E-state index contributed by atoms with van der Waals surface area (Å²) in [6, 6.07) is -1.39. The summed E-state index contributed by atoms with van der Waals surface area (Å²) in [5.74, 6) is -2.72. The molecule has 3 N–H and O–H groups in total. The lowest BCUT2D eigenvalue weighted by Crippen LogP contribution is -2.31. The van der Waals surface area contributed by atoms with E-state index >= 15 is 0 Å². The fraction of sp³-hybridized carbons (Fsp3) is 0.833. The van der Waals surface area contributed by atoms with Crippen LogP contribution in [-0.2, 0) is 4.79 Å². The van der Waals surface area contributed by atoms with Crippen LogP contribution in [0.15, 0.2) is 0 Å². The van der Waals surface area contributed by atoms with Crippen molar-refractivity contribution in [2.45, 2.75) is 26.3 Å². The lowest BCUT2D eigenvalue weighted by molar-refractivity contribution is -0.138. The minimum absolute atomic E-state index is 0.331. The Kier molecular flexibility index (Phi) is 1.64. The van der Waals surface area contributed by atoms with E-state index in [1.165, 1.54) is 6.92 Å². The van der Waals surface area contributed by atoms with E-state index in [1.54, 1.807) is 0 Å². The highest BCUT2D eigenvalue weighted by molar-refractivity contribution is 5.72. The molecule has 0 aromatic carbocycles. The monoisotopic (exact) mass is 137 g/mol. The quantitative estimate of drug-likeness (QED) is 0.593. The van der Waals surface area contributed by atoms with E-state index in [4.69, 9.17) is 15.0 Å². The normalized spacial score (nSPS) is 28.4. The van der Waals surface area contributed by atoms with Crippen molar-refractivity contribution in [3.63, 3.8) is 0 Å². The molecular weight excluding hydrogens is 118 g/mol. The zero-order chi connectivity index (χ0) is 9.94. The maximum absolute atomic E-state index is 10.3. The molecule has 0 heterocycles. The summed E-state index contributed by atoms with van der Waals surface area (Å²) in [6.07, 6.45) is -1.27. The second kappa shape index (κ2) is 3.45. The van der Waals surface area contributed by atoms with Gasteiger partial charge < -0.3 is 10.8 Å². The Bertz CT molecular complexity index is 174. The van der Waals surface area contributed by atoms with Gasteiger partial charge in [-0.3, -0.25) is 4.79 Å². The van der Waals surface area contributed by atoms with E-state index in [-0.39, 0.29) is 6.90 Å². The summed E-state index contributed by atoms with van der Waals surface area (Å²) >= 11 is 0. The van der Waals surface area contributed by atoms with Gasteiger partial charge in [0.15, 0.2) is 0 Å². The molecule has 0 aromatic heterocycles. The average molecular weight is 137 g/mol. The summed E-state index contributed by atoms with van der Waals surface area (Å²) in [7, 11) is 0. The predicted octanol–water partition coefficient (Wildman–Crippen LogP) is 0.444. The number of carbonyl (C=O) groups is 1. The van der Waals surface area contributed by atoms with Crippen molar-refractivity contribution in [3.05, 3.63) is 0 Å². The van der Waals surface area contributed by atoms with Crippen molar-refractivity contribution in [1.29, 1.82) is 0 Å². The number of carboxylic acid groups (broad SMARTS) is 1. The van der Waals surface area contributed by atoms with Gasteiger partial charge in [0, 0.05) is 4.11 Å². The van der Waals surface area contributed by atoms with Crippen LogP contribution in [0.1, 0.15) is 24.3 Å². The van der Waals surface area contributed by atoms with Crippen molar-refractivity contribution in [1.82, 2.24) is 0 Å². The molecule has 54 valence electrons.